The number of nitrogen functional groups attached to an aromatic ring is 1. The summed E-state index contributed by atoms with van der Waals surface area (Å²) < 4.78 is 2.91. The summed E-state index contributed by atoms with van der Waals surface area (Å²) in [6.45, 7) is 4.13. The lowest BCUT2D eigenvalue weighted by molar-refractivity contribution is 0.547. The van der Waals surface area contributed by atoms with Gasteiger partial charge in [-0.15, -0.1) is 0 Å². The van der Waals surface area contributed by atoms with E-state index in [-0.39, 0.29) is 6.04 Å². The molecular formula is C16H15BrN6. The van der Waals surface area contributed by atoms with Crippen LogP contribution in [0.1, 0.15) is 19.9 Å². The standard InChI is InChI=1S/C16H15BrN6/c1-8(2)23-16-13(15(18)19-7-20-16)14(22-23)12-5-9-3-4-10(17)6-11(9)21-12/h3-8,21H,1-2H3,(H2,18,19,20). The highest BCUT2D eigenvalue weighted by atomic mass is 79.9. The van der Waals surface area contributed by atoms with Gasteiger partial charge in [0.2, 0.25) is 0 Å². The zero-order valence-corrected chi connectivity index (χ0v) is 14.3. The van der Waals surface area contributed by atoms with Gasteiger partial charge in [0.15, 0.2) is 5.65 Å². The largest absolute Gasteiger partial charge is 0.383 e. The number of anilines is 1. The highest BCUT2D eigenvalue weighted by Crippen LogP contribution is 2.33. The highest BCUT2D eigenvalue weighted by Gasteiger charge is 2.19. The molecule has 3 aromatic heterocycles. The molecule has 0 aliphatic heterocycles. The van der Waals surface area contributed by atoms with E-state index in [1.54, 1.807) is 0 Å². The number of hydrogen-bond donors (Lipinski definition) is 2. The van der Waals surface area contributed by atoms with E-state index in [1.807, 2.05) is 16.8 Å². The lowest BCUT2D eigenvalue weighted by Gasteiger charge is -2.05. The monoisotopic (exact) mass is 370 g/mol. The van der Waals surface area contributed by atoms with Crippen LogP contribution in [-0.4, -0.2) is 24.7 Å². The van der Waals surface area contributed by atoms with Gasteiger partial charge in [0, 0.05) is 21.4 Å². The molecule has 0 unspecified atom stereocenters. The van der Waals surface area contributed by atoms with E-state index in [0.717, 1.165) is 37.8 Å². The predicted molar refractivity (Wildman–Crippen MR) is 95.1 cm³/mol. The van der Waals surface area contributed by atoms with E-state index in [2.05, 4.69) is 56.9 Å². The van der Waals surface area contributed by atoms with Crippen LogP contribution in [0.5, 0.6) is 0 Å². The van der Waals surface area contributed by atoms with E-state index in [0.29, 0.717) is 5.82 Å². The fourth-order valence-electron chi connectivity index (χ4n) is 2.77. The van der Waals surface area contributed by atoms with Crippen LogP contribution in [0.25, 0.3) is 33.3 Å². The molecule has 23 heavy (non-hydrogen) atoms. The average molecular weight is 371 g/mol. The Morgan fingerprint density at radius 2 is 2.04 bits per heavy atom. The Hall–Kier alpha value is -2.41. The molecule has 0 atom stereocenters. The summed E-state index contributed by atoms with van der Waals surface area (Å²) in [6, 6.07) is 8.36. The first kappa shape index (κ1) is 14.2. The minimum Gasteiger partial charge on any atom is -0.383 e. The van der Waals surface area contributed by atoms with Crippen LogP contribution in [0, 0.1) is 0 Å². The number of halogens is 1. The minimum atomic E-state index is 0.180. The number of rotatable bonds is 2. The van der Waals surface area contributed by atoms with Crippen LogP contribution in [0.2, 0.25) is 0 Å². The Morgan fingerprint density at radius 1 is 1.22 bits per heavy atom. The van der Waals surface area contributed by atoms with Gasteiger partial charge in [-0.25, -0.2) is 14.6 Å². The van der Waals surface area contributed by atoms with Gasteiger partial charge in [-0.2, -0.15) is 5.10 Å². The summed E-state index contributed by atoms with van der Waals surface area (Å²) in [5, 5.41) is 6.63. The number of aromatic nitrogens is 5. The number of nitrogens with zero attached hydrogens (tertiary/aromatic N) is 4. The number of aromatic amines is 1. The minimum absolute atomic E-state index is 0.180. The van der Waals surface area contributed by atoms with Gasteiger partial charge < -0.3 is 10.7 Å². The molecular weight excluding hydrogens is 356 g/mol. The van der Waals surface area contributed by atoms with Gasteiger partial charge >= 0.3 is 0 Å². The van der Waals surface area contributed by atoms with Gasteiger partial charge in [0.25, 0.3) is 0 Å². The molecule has 0 spiro atoms. The molecule has 0 amide bonds. The number of benzene rings is 1. The lowest BCUT2D eigenvalue weighted by Crippen LogP contribution is -2.04. The van der Waals surface area contributed by atoms with Gasteiger partial charge in [-0.05, 0) is 32.0 Å². The maximum Gasteiger partial charge on any atom is 0.164 e. The molecule has 1 aromatic carbocycles. The van der Waals surface area contributed by atoms with Gasteiger partial charge in [-0.1, -0.05) is 22.0 Å². The van der Waals surface area contributed by atoms with Gasteiger partial charge in [0.05, 0.1) is 11.1 Å². The molecule has 0 fully saturated rings. The summed E-state index contributed by atoms with van der Waals surface area (Å²) in [6.07, 6.45) is 1.48. The Balaban J connectivity index is 2.03. The molecule has 3 N–H and O–H groups in total. The average Bonchev–Trinajstić information content (AvgIpc) is 3.08. The first-order valence-corrected chi connectivity index (χ1v) is 8.11. The van der Waals surface area contributed by atoms with E-state index < -0.39 is 0 Å². The van der Waals surface area contributed by atoms with E-state index in [9.17, 15) is 0 Å². The Morgan fingerprint density at radius 3 is 2.83 bits per heavy atom. The fraction of sp³-hybridized carbons (Fsp3) is 0.188. The zero-order chi connectivity index (χ0) is 16.1. The van der Waals surface area contributed by atoms with Crippen LogP contribution in [-0.2, 0) is 0 Å². The van der Waals surface area contributed by atoms with Crippen molar-refractivity contribution >= 4 is 43.7 Å². The van der Waals surface area contributed by atoms with Crippen molar-refractivity contribution in [3.63, 3.8) is 0 Å². The molecule has 0 saturated carbocycles. The molecule has 0 saturated heterocycles. The van der Waals surface area contributed by atoms with Crippen molar-refractivity contribution < 1.29 is 0 Å². The SMILES string of the molecule is CC(C)n1nc(-c2cc3ccc(Br)cc3[nH]2)c2c(N)ncnc21. The summed E-state index contributed by atoms with van der Waals surface area (Å²) in [5.74, 6) is 0.441. The maximum absolute atomic E-state index is 6.10. The van der Waals surface area contributed by atoms with Crippen molar-refractivity contribution in [2.24, 2.45) is 0 Å². The number of hydrogen-bond acceptors (Lipinski definition) is 4. The smallest absolute Gasteiger partial charge is 0.164 e. The first-order valence-electron chi connectivity index (χ1n) is 7.32. The van der Waals surface area contributed by atoms with Crippen molar-refractivity contribution in [3.05, 3.63) is 35.1 Å². The lowest BCUT2D eigenvalue weighted by atomic mass is 10.2. The van der Waals surface area contributed by atoms with Crippen molar-refractivity contribution in [2.75, 3.05) is 5.73 Å². The second kappa shape index (κ2) is 5.06. The third kappa shape index (κ3) is 2.19. The van der Waals surface area contributed by atoms with Crippen molar-refractivity contribution in [2.45, 2.75) is 19.9 Å². The van der Waals surface area contributed by atoms with Crippen molar-refractivity contribution in [1.82, 2.24) is 24.7 Å². The molecule has 0 radical (unpaired) electrons. The Kier molecular flexibility index (Phi) is 3.12. The summed E-state index contributed by atoms with van der Waals surface area (Å²) >= 11 is 3.49. The van der Waals surface area contributed by atoms with Crippen molar-refractivity contribution in [1.29, 1.82) is 0 Å². The van der Waals surface area contributed by atoms with Crippen LogP contribution in [0.15, 0.2) is 35.1 Å². The molecule has 116 valence electrons. The fourth-order valence-corrected chi connectivity index (χ4v) is 3.13. The second-order valence-electron chi connectivity index (χ2n) is 5.76. The first-order chi connectivity index (χ1) is 11.0. The van der Waals surface area contributed by atoms with E-state index >= 15 is 0 Å². The van der Waals surface area contributed by atoms with Crippen LogP contribution in [0.3, 0.4) is 0 Å². The highest BCUT2D eigenvalue weighted by molar-refractivity contribution is 9.10. The topological polar surface area (TPSA) is 85.4 Å². The summed E-state index contributed by atoms with van der Waals surface area (Å²) in [4.78, 5) is 11.9. The van der Waals surface area contributed by atoms with Crippen LogP contribution < -0.4 is 5.73 Å². The third-order valence-corrected chi connectivity index (χ3v) is 4.34. The molecule has 4 rings (SSSR count). The van der Waals surface area contributed by atoms with Crippen molar-refractivity contribution in [3.8, 4) is 11.4 Å². The summed E-state index contributed by atoms with van der Waals surface area (Å²) in [5.41, 5.74) is 9.57. The second-order valence-corrected chi connectivity index (χ2v) is 6.67. The maximum atomic E-state index is 6.10. The number of nitrogens with two attached hydrogens (primary N) is 1. The Bertz CT molecular complexity index is 1030. The molecule has 0 aliphatic rings. The Labute approximate surface area is 140 Å². The normalized spacial score (nSPS) is 11.8. The molecule has 6 nitrogen and oxygen atoms in total. The summed E-state index contributed by atoms with van der Waals surface area (Å²) in [7, 11) is 0. The van der Waals surface area contributed by atoms with Gasteiger partial charge in [-0.3, -0.25) is 0 Å². The third-order valence-electron chi connectivity index (χ3n) is 3.85. The zero-order valence-electron chi connectivity index (χ0n) is 12.7. The predicted octanol–water partition coefficient (Wildman–Crippen LogP) is 3.90. The quantitative estimate of drug-likeness (QED) is 0.560. The van der Waals surface area contributed by atoms with E-state index in [4.69, 9.17) is 10.8 Å². The molecule has 7 heteroatoms. The number of H-pyrrole nitrogens is 1. The molecule has 0 bridgehead atoms. The van der Waals surface area contributed by atoms with E-state index in [1.165, 1.54) is 6.33 Å². The van der Waals surface area contributed by atoms with Crippen LogP contribution in [0.4, 0.5) is 5.82 Å². The number of fused-ring (bicyclic) bond motifs is 2. The van der Waals surface area contributed by atoms with Gasteiger partial charge in [0.1, 0.15) is 17.8 Å². The molecule has 0 aliphatic carbocycles. The van der Waals surface area contributed by atoms with Crippen LogP contribution >= 0.6 is 15.9 Å². The molecule has 3 heterocycles. The molecule has 4 aromatic rings. The number of nitrogens with one attached hydrogen (secondary N) is 1.